The number of carbonyl (C=O) groups is 1. The van der Waals surface area contributed by atoms with Gasteiger partial charge < -0.3 is 10.6 Å². The molecule has 1 saturated carbocycles. The summed E-state index contributed by atoms with van der Waals surface area (Å²) >= 11 is 0. The standard InChI is InChI=1S/C11H20N2O/c1-8(12)5-13-6-9-3-2-4-10(7-13)11(9)14/h8-10H,2-7,12H2,1H3. The molecule has 0 aromatic carbocycles. The molecule has 2 bridgehead atoms. The second-order valence-corrected chi connectivity index (χ2v) is 4.92. The van der Waals surface area contributed by atoms with E-state index in [9.17, 15) is 4.79 Å². The molecule has 0 spiro atoms. The average Bonchev–Trinajstić information content (AvgIpc) is 2.05. The van der Waals surface area contributed by atoms with Gasteiger partial charge in [0.1, 0.15) is 5.78 Å². The smallest absolute Gasteiger partial charge is 0.141 e. The summed E-state index contributed by atoms with van der Waals surface area (Å²) < 4.78 is 0. The van der Waals surface area contributed by atoms with Crippen LogP contribution in [0.2, 0.25) is 0 Å². The van der Waals surface area contributed by atoms with E-state index in [1.165, 1.54) is 6.42 Å². The zero-order valence-corrected chi connectivity index (χ0v) is 8.91. The Balaban J connectivity index is 1.97. The summed E-state index contributed by atoms with van der Waals surface area (Å²) in [4.78, 5) is 14.2. The lowest BCUT2D eigenvalue weighted by molar-refractivity contribution is -0.134. The number of piperidine rings is 1. The van der Waals surface area contributed by atoms with Crippen molar-refractivity contribution in [3.8, 4) is 0 Å². The Labute approximate surface area is 85.6 Å². The Bertz CT molecular complexity index is 211. The van der Waals surface area contributed by atoms with Crippen molar-refractivity contribution >= 4 is 5.78 Å². The van der Waals surface area contributed by atoms with Crippen molar-refractivity contribution in [3.63, 3.8) is 0 Å². The largest absolute Gasteiger partial charge is 0.327 e. The number of ketones is 1. The zero-order valence-electron chi connectivity index (χ0n) is 8.91. The molecule has 3 atom stereocenters. The van der Waals surface area contributed by atoms with Gasteiger partial charge in [0.2, 0.25) is 0 Å². The fraction of sp³-hybridized carbons (Fsp3) is 0.909. The first-order valence-electron chi connectivity index (χ1n) is 5.68. The Kier molecular flexibility index (Phi) is 2.88. The van der Waals surface area contributed by atoms with Crippen LogP contribution in [-0.4, -0.2) is 36.4 Å². The van der Waals surface area contributed by atoms with Crippen molar-refractivity contribution in [1.29, 1.82) is 0 Å². The van der Waals surface area contributed by atoms with Crippen LogP contribution in [0.4, 0.5) is 0 Å². The van der Waals surface area contributed by atoms with Gasteiger partial charge in [-0.2, -0.15) is 0 Å². The van der Waals surface area contributed by atoms with Crippen LogP contribution in [0.3, 0.4) is 0 Å². The van der Waals surface area contributed by atoms with Crippen molar-refractivity contribution in [2.24, 2.45) is 17.6 Å². The van der Waals surface area contributed by atoms with E-state index in [1.54, 1.807) is 0 Å². The molecule has 14 heavy (non-hydrogen) atoms. The Hall–Kier alpha value is -0.410. The van der Waals surface area contributed by atoms with Crippen LogP contribution in [-0.2, 0) is 4.79 Å². The van der Waals surface area contributed by atoms with E-state index in [0.29, 0.717) is 17.6 Å². The van der Waals surface area contributed by atoms with Gasteiger partial charge in [0.15, 0.2) is 0 Å². The maximum Gasteiger partial charge on any atom is 0.141 e. The van der Waals surface area contributed by atoms with Gasteiger partial charge >= 0.3 is 0 Å². The number of carbonyl (C=O) groups excluding carboxylic acids is 1. The van der Waals surface area contributed by atoms with Crippen LogP contribution < -0.4 is 5.73 Å². The Morgan fingerprint density at radius 3 is 2.50 bits per heavy atom. The molecule has 2 fully saturated rings. The fourth-order valence-electron chi connectivity index (χ4n) is 2.85. The first kappa shape index (κ1) is 10.1. The molecule has 2 aliphatic rings. The number of rotatable bonds is 2. The summed E-state index contributed by atoms with van der Waals surface area (Å²) in [5, 5.41) is 0. The number of nitrogens with zero attached hydrogens (tertiary/aromatic N) is 1. The second-order valence-electron chi connectivity index (χ2n) is 4.92. The van der Waals surface area contributed by atoms with Gasteiger partial charge in [-0.3, -0.25) is 4.79 Å². The summed E-state index contributed by atoms with van der Waals surface area (Å²) in [6, 6.07) is 0.226. The minimum absolute atomic E-state index is 0.226. The van der Waals surface area contributed by atoms with E-state index < -0.39 is 0 Å². The monoisotopic (exact) mass is 196 g/mol. The van der Waals surface area contributed by atoms with Gasteiger partial charge in [0.05, 0.1) is 0 Å². The van der Waals surface area contributed by atoms with Gasteiger partial charge in [0, 0.05) is 37.5 Å². The lowest BCUT2D eigenvalue weighted by Gasteiger charge is -2.40. The summed E-state index contributed by atoms with van der Waals surface area (Å²) in [7, 11) is 0. The quantitative estimate of drug-likeness (QED) is 0.705. The van der Waals surface area contributed by atoms with Gasteiger partial charge in [-0.15, -0.1) is 0 Å². The van der Waals surface area contributed by atoms with Crippen molar-refractivity contribution in [2.75, 3.05) is 19.6 Å². The molecule has 1 saturated heterocycles. The third-order valence-corrected chi connectivity index (χ3v) is 3.41. The number of likely N-dealkylation sites (tertiary alicyclic amines) is 1. The topological polar surface area (TPSA) is 46.3 Å². The molecular formula is C11H20N2O. The van der Waals surface area contributed by atoms with Gasteiger partial charge in [0.25, 0.3) is 0 Å². The molecule has 3 unspecified atom stereocenters. The Morgan fingerprint density at radius 1 is 1.43 bits per heavy atom. The van der Waals surface area contributed by atoms with Crippen molar-refractivity contribution in [1.82, 2.24) is 4.90 Å². The highest BCUT2D eigenvalue weighted by atomic mass is 16.1. The summed E-state index contributed by atoms with van der Waals surface area (Å²) in [5.41, 5.74) is 5.78. The predicted molar refractivity (Wildman–Crippen MR) is 55.9 cm³/mol. The van der Waals surface area contributed by atoms with Crippen LogP contribution in [0.1, 0.15) is 26.2 Å². The molecule has 3 heteroatoms. The average molecular weight is 196 g/mol. The van der Waals surface area contributed by atoms with Crippen molar-refractivity contribution in [3.05, 3.63) is 0 Å². The predicted octanol–water partition coefficient (Wildman–Crippen LogP) is 0.635. The van der Waals surface area contributed by atoms with E-state index >= 15 is 0 Å². The molecule has 0 radical (unpaired) electrons. The van der Waals surface area contributed by atoms with Crippen LogP contribution >= 0.6 is 0 Å². The van der Waals surface area contributed by atoms with Crippen molar-refractivity contribution < 1.29 is 4.79 Å². The van der Waals surface area contributed by atoms with Gasteiger partial charge in [-0.25, -0.2) is 0 Å². The molecule has 1 aliphatic carbocycles. The zero-order chi connectivity index (χ0) is 10.1. The first-order valence-corrected chi connectivity index (χ1v) is 5.68. The van der Waals surface area contributed by atoms with Crippen LogP contribution in [0.15, 0.2) is 0 Å². The summed E-state index contributed by atoms with van der Waals surface area (Å²) in [6.45, 7) is 4.89. The van der Waals surface area contributed by atoms with E-state index in [-0.39, 0.29) is 6.04 Å². The van der Waals surface area contributed by atoms with Crippen LogP contribution in [0.5, 0.6) is 0 Å². The SMILES string of the molecule is CC(N)CN1CC2CCCC(C1)C2=O. The maximum atomic E-state index is 11.8. The molecule has 0 amide bonds. The number of hydrogen-bond acceptors (Lipinski definition) is 3. The van der Waals surface area contributed by atoms with Crippen molar-refractivity contribution in [2.45, 2.75) is 32.2 Å². The minimum Gasteiger partial charge on any atom is -0.327 e. The number of nitrogens with two attached hydrogens (primary N) is 1. The highest BCUT2D eigenvalue weighted by Crippen LogP contribution is 2.31. The highest BCUT2D eigenvalue weighted by Gasteiger charge is 2.37. The molecule has 1 heterocycles. The maximum absolute atomic E-state index is 11.8. The molecule has 2 N–H and O–H groups in total. The molecule has 80 valence electrons. The fourth-order valence-corrected chi connectivity index (χ4v) is 2.85. The number of hydrogen-bond donors (Lipinski definition) is 1. The highest BCUT2D eigenvalue weighted by molar-refractivity contribution is 5.85. The third-order valence-electron chi connectivity index (χ3n) is 3.41. The molecule has 1 aliphatic heterocycles. The second kappa shape index (κ2) is 3.99. The lowest BCUT2D eigenvalue weighted by atomic mass is 9.76. The van der Waals surface area contributed by atoms with E-state index in [0.717, 1.165) is 32.5 Å². The number of Topliss-reactive ketones (excluding diaryl/α,β-unsaturated/α-hetero) is 1. The lowest BCUT2D eigenvalue weighted by Crippen LogP contribution is -2.51. The van der Waals surface area contributed by atoms with Gasteiger partial charge in [-0.1, -0.05) is 6.42 Å². The number of fused-ring (bicyclic) bond motifs is 2. The van der Waals surface area contributed by atoms with E-state index in [2.05, 4.69) is 4.90 Å². The Morgan fingerprint density at radius 2 is 2.00 bits per heavy atom. The van der Waals surface area contributed by atoms with E-state index in [4.69, 9.17) is 5.73 Å². The van der Waals surface area contributed by atoms with Gasteiger partial charge in [-0.05, 0) is 19.8 Å². The third kappa shape index (κ3) is 1.98. The first-order chi connectivity index (χ1) is 6.66. The van der Waals surface area contributed by atoms with E-state index in [1.807, 2.05) is 6.92 Å². The molecule has 3 nitrogen and oxygen atoms in total. The van der Waals surface area contributed by atoms with Crippen LogP contribution in [0.25, 0.3) is 0 Å². The molecule has 0 aromatic rings. The summed E-state index contributed by atoms with van der Waals surface area (Å²) in [6.07, 6.45) is 3.45. The molecule has 0 aromatic heterocycles. The minimum atomic E-state index is 0.226. The molecular weight excluding hydrogens is 176 g/mol. The molecule has 2 rings (SSSR count). The normalized spacial score (nSPS) is 35.7. The van der Waals surface area contributed by atoms with Crippen LogP contribution in [0, 0.1) is 11.8 Å². The summed E-state index contributed by atoms with van der Waals surface area (Å²) in [5.74, 6) is 1.17.